The molecule has 0 bridgehead atoms. The lowest BCUT2D eigenvalue weighted by molar-refractivity contribution is 0.398. The Kier molecular flexibility index (Phi) is 6.97. The normalized spacial score (nSPS) is 11.0. The topological polar surface area (TPSA) is 40.5 Å². The molecule has 1 rings (SSSR count). The number of para-hydroxylation sites is 1. The van der Waals surface area contributed by atoms with Crippen LogP contribution in [0, 0.1) is 0 Å². The minimum atomic E-state index is -0.0241. The van der Waals surface area contributed by atoms with E-state index in [0.717, 1.165) is 31.2 Å². The molecule has 1 aromatic rings. The number of hydrogen-bond acceptors (Lipinski definition) is 2. The predicted octanol–water partition coefficient (Wildman–Crippen LogP) is 4.71. The molecule has 0 aromatic heterocycles. The molecule has 0 heterocycles. The highest BCUT2D eigenvalue weighted by Gasteiger charge is 2.05. The lowest BCUT2D eigenvalue weighted by Gasteiger charge is -2.06. The van der Waals surface area contributed by atoms with E-state index in [9.17, 15) is 10.2 Å². The summed E-state index contributed by atoms with van der Waals surface area (Å²) in [4.78, 5) is 0. The first-order valence-electron chi connectivity index (χ1n) is 5.89. The van der Waals surface area contributed by atoms with E-state index in [-0.39, 0.29) is 11.5 Å². The molecule has 0 radical (unpaired) electrons. The van der Waals surface area contributed by atoms with Gasteiger partial charge in [0, 0.05) is 0 Å². The van der Waals surface area contributed by atoms with Gasteiger partial charge in [0.2, 0.25) is 0 Å². The average Bonchev–Trinajstić information content (AvgIpc) is 2.28. The van der Waals surface area contributed by atoms with Gasteiger partial charge in [-0.25, -0.2) is 0 Å². The highest BCUT2D eigenvalue weighted by atomic mass is 79.9. The SMILES string of the molecule is Oc1cccc(CCCCCCC(Br)Br)c1O. The lowest BCUT2D eigenvalue weighted by Crippen LogP contribution is -1.89. The molecule has 0 saturated carbocycles. The first kappa shape index (κ1) is 14.8. The van der Waals surface area contributed by atoms with E-state index in [4.69, 9.17) is 0 Å². The molecule has 0 fully saturated rings. The maximum Gasteiger partial charge on any atom is 0.160 e. The Morgan fingerprint density at radius 2 is 1.71 bits per heavy atom. The van der Waals surface area contributed by atoms with Crippen molar-refractivity contribution >= 4 is 31.9 Å². The fourth-order valence-electron chi connectivity index (χ4n) is 1.75. The summed E-state index contributed by atoms with van der Waals surface area (Å²) in [7, 11) is 0. The van der Waals surface area contributed by atoms with E-state index in [0.29, 0.717) is 3.74 Å². The number of unbranched alkanes of at least 4 members (excludes halogenated alkanes) is 3. The molecule has 4 heteroatoms. The van der Waals surface area contributed by atoms with E-state index in [1.54, 1.807) is 6.07 Å². The molecular formula is C13H18Br2O2. The Labute approximate surface area is 119 Å². The fraction of sp³-hybridized carbons (Fsp3) is 0.538. The quantitative estimate of drug-likeness (QED) is 0.417. The van der Waals surface area contributed by atoms with Gasteiger partial charge < -0.3 is 10.2 Å². The van der Waals surface area contributed by atoms with Gasteiger partial charge in [0.15, 0.2) is 11.5 Å². The number of benzene rings is 1. The van der Waals surface area contributed by atoms with Crippen LogP contribution in [-0.2, 0) is 6.42 Å². The number of aromatic hydroxyl groups is 2. The molecule has 0 aliphatic carbocycles. The first-order valence-corrected chi connectivity index (χ1v) is 7.72. The number of rotatable bonds is 7. The predicted molar refractivity (Wildman–Crippen MR) is 78.2 cm³/mol. The van der Waals surface area contributed by atoms with Crippen LogP contribution in [0.1, 0.15) is 37.7 Å². The van der Waals surface area contributed by atoms with Crippen LogP contribution in [-0.4, -0.2) is 13.9 Å². The number of alkyl halides is 2. The van der Waals surface area contributed by atoms with Crippen molar-refractivity contribution in [2.45, 2.75) is 42.3 Å². The van der Waals surface area contributed by atoms with Crippen LogP contribution >= 0.6 is 31.9 Å². The van der Waals surface area contributed by atoms with Gasteiger partial charge in [-0.15, -0.1) is 0 Å². The van der Waals surface area contributed by atoms with Gasteiger partial charge >= 0.3 is 0 Å². The summed E-state index contributed by atoms with van der Waals surface area (Å²) >= 11 is 6.91. The van der Waals surface area contributed by atoms with E-state index < -0.39 is 0 Å². The molecule has 0 unspecified atom stereocenters. The molecule has 96 valence electrons. The summed E-state index contributed by atoms with van der Waals surface area (Å²) < 4.78 is 0.421. The van der Waals surface area contributed by atoms with Crippen LogP contribution in [0.4, 0.5) is 0 Å². The van der Waals surface area contributed by atoms with Gasteiger partial charge in [-0.1, -0.05) is 63.3 Å². The van der Waals surface area contributed by atoms with Gasteiger partial charge in [0.25, 0.3) is 0 Å². The maximum absolute atomic E-state index is 9.61. The number of phenolic OH excluding ortho intramolecular Hbond substituents is 2. The largest absolute Gasteiger partial charge is 0.504 e. The van der Waals surface area contributed by atoms with Crippen LogP contribution in [0.2, 0.25) is 0 Å². The van der Waals surface area contributed by atoms with Crippen molar-refractivity contribution in [1.82, 2.24) is 0 Å². The Hall–Kier alpha value is -0.220. The molecule has 2 nitrogen and oxygen atoms in total. The van der Waals surface area contributed by atoms with Crippen LogP contribution in [0.3, 0.4) is 0 Å². The molecule has 0 aliphatic heterocycles. The van der Waals surface area contributed by atoms with Crippen molar-refractivity contribution in [1.29, 1.82) is 0 Å². The second-order valence-electron chi connectivity index (χ2n) is 4.13. The number of halogens is 2. The monoisotopic (exact) mass is 364 g/mol. The summed E-state index contributed by atoms with van der Waals surface area (Å²) in [6.07, 6.45) is 6.57. The van der Waals surface area contributed by atoms with Crippen LogP contribution in [0.5, 0.6) is 11.5 Å². The molecule has 17 heavy (non-hydrogen) atoms. The number of aryl methyl sites for hydroxylation is 1. The van der Waals surface area contributed by atoms with E-state index in [1.165, 1.54) is 18.9 Å². The second kappa shape index (κ2) is 7.98. The van der Waals surface area contributed by atoms with E-state index >= 15 is 0 Å². The summed E-state index contributed by atoms with van der Waals surface area (Å²) in [6, 6.07) is 5.14. The zero-order chi connectivity index (χ0) is 12.7. The van der Waals surface area contributed by atoms with Crippen molar-refractivity contribution in [2.24, 2.45) is 0 Å². The fourth-order valence-corrected chi connectivity index (χ4v) is 2.39. The summed E-state index contributed by atoms with van der Waals surface area (Å²) in [5.74, 6) is 0.0115. The average molecular weight is 366 g/mol. The Morgan fingerprint density at radius 3 is 2.41 bits per heavy atom. The highest BCUT2D eigenvalue weighted by molar-refractivity contribution is 9.24. The Balaban J connectivity index is 2.20. The summed E-state index contributed by atoms with van der Waals surface area (Å²) in [6.45, 7) is 0. The zero-order valence-electron chi connectivity index (χ0n) is 9.70. The van der Waals surface area contributed by atoms with Gasteiger partial charge in [-0.2, -0.15) is 0 Å². The first-order chi connectivity index (χ1) is 8.11. The summed E-state index contributed by atoms with van der Waals surface area (Å²) in [5, 5.41) is 19.0. The van der Waals surface area contributed by atoms with Crippen molar-refractivity contribution in [3.63, 3.8) is 0 Å². The third kappa shape index (κ3) is 5.77. The molecular weight excluding hydrogens is 348 g/mol. The molecule has 0 spiro atoms. The van der Waals surface area contributed by atoms with E-state index in [1.807, 2.05) is 6.07 Å². The molecule has 0 saturated heterocycles. The minimum absolute atomic E-state index is 0.0241. The highest BCUT2D eigenvalue weighted by Crippen LogP contribution is 2.29. The number of phenols is 2. The van der Waals surface area contributed by atoms with Crippen molar-refractivity contribution < 1.29 is 10.2 Å². The minimum Gasteiger partial charge on any atom is -0.504 e. The van der Waals surface area contributed by atoms with Crippen molar-refractivity contribution in [2.75, 3.05) is 0 Å². The third-order valence-corrected chi connectivity index (χ3v) is 3.63. The molecule has 0 aliphatic rings. The Bertz CT molecular complexity index is 340. The van der Waals surface area contributed by atoms with Crippen LogP contribution in [0.25, 0.3) is 0 Å². The molecule has 2 N–H and O–H groups in total. The van der Waals surface area contributed by atoms with Gasteiger partial charge in [-0.3, -0.25) is 0 Å². The van der Waals surface area contributed by atoms with Crippen molar-refractivity contribution in [3.05, 3.63) is 23.8 Å². The Morgan fingerprint density at radius 1 is 1.00 bits per heavy atom. The van der Waals surface area contributed by atoms with Crippen LogP contribution in [0.15, 0.2) is 18.2 Å². The standard InChI is InChI=1S/C13H18Br2O2/c14-12(15)9-4-2-1-3-6-10-7-5-8-11(16)13(10)17/h5,7-8,12,16-17H,1-4,6,9H2. The van der Waals surface area contributed by atoms with Gasteiger partial charge in [-0.05, 0) is 30.9 Å². The third-order valence-electron chi connectivity index (χ3n) is 2.72. The van der Waals surface area contributed by atoms with Gasteiger partial charge in [0.1, 0.15) is 0 Å². The second-order valence-corrected chi connectivity index (χ2v) is 7.57. The zero-order valence-corrected chi connectivity index (χ0v) is 12.9. The lowest BCUT2D eigenvalue weighted by atomic mass is 10.0. The molecule has 0 amide bonds. The van der Waals surface area contributed by atoms with E-state index in [2.05, 4.69) is 31.9 Å². The molecule has 1 aromatic carbocycles. The smallest absolute Gasteiger partial charge is 0.160 e. The maximum atomic E-state index is 9.61. The van der Waals surface area contributed by atoms with Crippen molar-refractivity contribution in [3.8, 4) is 11.5 Å². The summed E-state index contributed by atoms with van der Waals surface area (Å²) in [5.41, 5.74) is 0.837. The number of hydrogen-bond donors (Lipinski definition) is 2. The van der Waals surface area contributed by atoms with Gasteiger partial charge in [0.05, 0.1) is 3.74 Å². The molecule has 0 atom stereocenters. The van der Waals surface area contributed by atoms with Crippen LogP contribution < -0.4 is 0 Å².